The van der Waals surface area contributed by atoms with Crippen molar-refractivity contribution in [3.05, 3.63) is 52.2 Å². The zero-order valence-electron chi connectivity index (χ0n) is 15.2. The van der Waals surface area contributed by atoms with E-state index in [1.807, 2.05) is 23.8 Å². The molecule has 0 fully saturated rings. The van der Waals surface area contributed by atoms with Gasteiger partial charge in [0.25, 0.3) is 0 Å². The molecule has 0 radical (unpaired) electrons. The van der Waals surface area contributed by atoms with Crippen molar-refractivity contribution < 1.29 is 13.5 Å². The van der Waals surface area contributed by atoms with E-state index < -0.39 is 15.6 Å². The molecule has 10 heteroatoms. The fourth-order valence-electron chi connectivity index (χ4n) is 2.26. The van der Waals surface area contributed by atoms with Crippen LogP contribution in [0.5, 0.6) is 0 Å². The molecule has 0 amide bonds. The van der Waals surface area contributed by atoms with Crippen LogP contribution in [-0.2, 0) is 22.2 Å². The Morgan fingerprint density at radius 1 is 1.33 bits per heavy atom. The second-order valence-corrected chi connectivity index (χ2v) is 8.37. The number of rotatable bonds is 7. The standard InChI is InChI=1S/C17H24N4O3S2.HI/c1-3-19-16(21-12-17(2,22)14-7-8-25-11-14)20-10-13-5-4-6-15(9-13)26(18,23)24;/h4-9,11,22H,3,10,12H2,1-2H3,(H2,18,23,24)(H2,19,20,21);1H. The molecule has 150 valence electrons. The quantitative estimate of drug-likeness (QED) is 0.251. The van der Waals surface area contributed by atoms with Gasteiger partial charge in [-0.15, -0.1) is 24.0 Å². The van der Waals surface area contributed by atoms with Gasteiger partial charge in [0, 0.05) is 6.54 Å². The molecule has 7 nitrogen and oxygen atoms in total. The second kappa shape index (κ2) is 10.4. The van der Waals surface area contributed by atoms with Crippen LogP contribution in [0.3, 0.4) is 0 Å². The maximum absolute atomic E-state index is 11.4. The molecule has 0 spiro atoms. The Labute approximate surface area is 181 Å². The number of aliphatic hydroxyl groups is 1. The van der Waals surface area contributed by atoms with Crippen LogP contribution >= 0.6 is 35.3 Å². The number of hydrogen-bond acceptors (Lipinski definition) is 5. The lowest BCUT2D eigenvalue weighted by Gasteiger charge is -2.24. The lowest BCUT2D eigenvalue weighted by atomic mass is 9.99. The van der Waals surface area contributed by atoms with Crippen molar-refractivity contribution in [1.29, 1.82) is 0 Å². The SMILES string of the molecule is CCNC(=NCc1cccc(S(N)(=O)=O)c1)NCC(C)(O)c1ccsc1.I. The predicted octanol–water partition coefficient (Wildman–Crippen LogP) is 1.98. The van der Waals surface area contributed by atoms with E-state index in [9.17, 15) is 13.5 Å². The minimum Gasteiger partial charge on any atom is -0.384 e. The third-order valence-electron chi connectivity index (χ3n) is 3.73. The van der Waals surface area contributed by atoms with E-state index in [0.29, 0.717) is 12.5 Å². The first-order valence-electron chi connectivity index (χ1n) is 8.11. The van der Waals surface area contributed by atoms with E-state index >= 15 is 0 Å². The van der Waals surface area contributed by atoms with E-state index in [1.165, 1.54) is 23.5 Å². The third kappa shape index (κ3) is 7.37. The molecule has 2 aromatic rings. The monoisotopic (exact) mass is 524 g/mol. The molecule has 0 bridgehead atoms. The lowest BCUT2D eigenvalue weighted by Crippen LogP contribution is -2.44. The summed E-state index contributed by atoms with van der Waals surface area (Å²) >= 11 is 1.53. The van der Waals surface area contributed by atoms with E-state index in [2.05, 4.69) is 15.6 Å². The maximum atomic E-state index is 11.4. The number of primary sulfonamides is 1. The fraction of sp³-hybridized carbons (Fsp3) is 0.353. The Kier molecular flexibility index (Phi) is 9.15. The Morgan fingerprint density at radius 3 is 2.67 bits per heavy atom. The summed E-state index contributed by atoms with van der Waals surface area (Å²) in [6, 6.07) is 8.25. The number of nitrogens with two attached hydrogens (primary N) is 1. The summed E-state index contributed by atoms with van der Waals surface area (Å²) in [6.07, 6.45) is 0. The minimum atomic E-state index is -3.74. The molecule has 1 heterocycles. The van der Waals surface area contributed by atoms with Gasteiger partial charge in [0.2, 0.25) is 10.0 Å². The molecule has 5 N–H and O–H groups in total. The highest BCUT2D eigenvalue weighted by molar-refractivity contribution is 14.0. The first kappa shape index (κ1) is 23.8. The number of aliphatic imine (C=N–C) groups is 1. The van der Waals surface area contributed by atoms with Gasteiger partial charge in [-0.1, -0.05) is 12.1 Å². The van der Waals surface area contributed by atoms with Crippen LogP contribution in [0, 0.1) is 0 Å². The number of halogens is 1. The molecule has 1 atom stereocenters. The summed E-state index contributed by atoms with van der Waals surface area (Å²) < 4.78 is 22.9. The maximum Gasteiger partial charge on any atom is 0.238 e. The Hall–Kier alpha value is -1.21. The summed E-state index contributed by atoms with van der Waals surface area (Å²) in [5.74, 6) is 0.531. The van der Waals surface area contributed by atoms with Gasteiger partial charge < -0.3 is 15.7 Å². The van der Waals surface area contributed by atoms with Gasteiger partial charge in [-0.3, -0.25) is 0 Å². The molecule has 2 rings (SSSR count). The van der Waals surface area contributed by atoms with Crippen molar-refractivity contribution >= 4 is 51.3 Å². The minimum absolute atomic E-state index is 0. The van der Waals surface area contributed by atoms with Gasteiger partial charge in [-0.05, 0) is 53.9 Å². The largest absolute Gasteiger partial charge is 0.384 e. The summed E-state index contributed by atoms with van der Waals surface area (Å²) in [4.78, 5) is 4.50. The Bertz CT molecular complexity index is 853. The zero-order chi connectivity index (χ0) is 19.2. The van der Waals surface area contributed by atoms with Crippen LogP contribution in [0.25, 0.3) is 0 Å². The van der Waals surface area contributed by atoms with Crippen molar-refractivity contribution in [2.75, 3.05) is 13.1 Å². The van der Waals surface area contributed by atoms with Crippen molar-refractivity contribution in [2.24, 2.45) is 10.1 Å². The van der Waals surface area contributed by atoms with Crippen LogP contribution in [0.2, 0.25) is 0 Å². The fourth-order valence-corrected chi connectivity index (χ4v) is 3.63. The highest BCUT2D eigenvalue weighted by atomic mass is 127. The second-order valence-electron chi connectivity index (χ2n) is 6.03. The van der Waals surface area contributed by atoms with Gasteiger partial charge in [-0.2, -0.15) is 11.3 Å². The summed E-state index contributed by atoms with van der Waals surface area (Å²) in [7, 11) is -3.74. The molecular formula is C17H25IN4O3S2. The van der Waals surface area contributed by atoms with Crippen molar-refractivity contribution in [1.82, 2.24) is 10.6 Å². The van der Waals surface area contributed by atoms with Gasteiger partial charge in [0.15, 0.2) is 5.96 Å². The first-order valence-corrected chi connectivity index (χ1v) is 10.6. The molecule has 1 aromatic heterocycles. The smallest absolute Gasteiger partial charge is 0.238 e. The van der Waals surface area contributed by atoms with Crippen LogP contribution in [0.1, 0.15) is 25.0 Å². The van der Waals surface area contributed by atoms with Gasteiger partial charge in [-0.25, -0.2) is 18.5 Å². The molecule has 1 unspecified atom stereocenters. The number of sulfonamides is 1. The lowest BCUT2D eigenvalue weighted by molar-refractivity contribution is 0.0621. The first-order chi connectivity index (χ1) is 12.2. The van der Waals surface area contributed by atoms with E-state index in [4.69, 9.17) is 5.14 Å². The Morgan fingerprint density at radius 2 is 2.07 bits per heavy atom. The molecule has 0 aliphatic rings. The number of thiophene rings is 1. The van der Waals surface area contributed by atoms with Crippen LogP contribution < -0.4 is 15.8 Å². The van der Waals surface area contributed by atoms with E-state index in [1.54, 1.807) is 19.1 Å². The summed E-state index contributed by atoms with van der Waals surface area (Å²) in [6.45, 7) is 4.90. The van der Waals surface area contributed by atoms with Crippen LogP contribution in [0.15, 0.2) is 51.0 Å². The molecule has 27 heavy (non-hydrogen) atoms. The number of nitrogens with zero attached hydrogens (tertiary/aromatic N) is 1. The van der Waals surface area contributed by atoms with Crippen molar-refractivity contribution in [3.8, 4) is 0 Å². The topological polar surface area (TPSA) is 117 Å². The molecule has 0 aliphatic carbocycles. The van der Waals surface area contributed by atoms with E-state index in [-0.39, 0.29) is 42.0 Å². The molecular weight excluding hydrogens is 499 g/mol. The van der Waals surface area contributed by atoms with Gasteiger partial charge in [0.1, 0.15) is 5.60 Å². The highest BCUT2D eigenvalue weighted by Crippen LogP contribution is 2.22. The highest BCUT2D eigenvalue weighted by Gasteiger charge is 2.23. The van der Waals surface area contributed by atoms with Crippen molar-refractivity contribution in [3.63, 3.8) is 0 Å². The van der Waals surface area contributed by atoms with Gasteiger partial charge >= 0.3 is 0 Å². The average Bonchev–Trinajstić information content (AvgIpc) is 3.12. The van der Waals surface area contributed by atoms with E-state index in [0.717, 1.165) is 11.1 Å². The summed E-state index contributed by atoms with van der Waals surface area (Å²) in [5.41, 5.74) is 0.536. The molecule has 0 saturated heterocycles. The number of benzene rings is 1. The normalized spacial score (nSPS) is 14.1. The van der Waals surface area contributed by atoms with Crippen LogP contribution in [0.4, 0.5) is 0 Å². The molecule has 0 aliphatic heterocycles. The van der Waals surface area contributed by atoms with Crippen molar-refractivity contribution in [2.45, 2.75) is 30.9 Å². The molecule has 1 aromatic carbocycles. The summed E-state index contributed by atoms with van der Waals surface area (Å²) in [5, 5.41) is 25.8. The van der Waals surface area contributed by atoms with Gasteiger partial charge in [0.05, 0.1) is 18.0 Å². The molecule has 0 saturated carbocycles. The number of nitrogens with one attached hydrogen (secondary N) is 2. The van der Waals surface area contributed by atoms with Crippen LogP contribution in [-0.4, -0.2) is 32.6 Å². The number of guanidine groups is 1. The number of hydrogen-bond donors (Lipinski definition) is 4. The Balaban J connectivity index is 0.00000364. The zero-order valence-corrected chi connectivity index (χ0v) is 19.1. The predicted molar refractivity (Wildman–Crippen MR) is 120 cm³/mol. The average molecular weight is 524 g/mol. The third-order valence-corrected chi connectivity index (χ3v) is 5.33.